The maximum atomic E-state index is 12.8. The molecule has 0 saturated carbocycles. The molecule has 0 fully saturated rings. The minimum atomic E-state index is -0.282. The van der Waals surface area contributed by atoms with E-state index >= 15 is 0 Å². The number of thiophene rings is 1. The Morgan fingerprint density at radius 1 is 1.10 bits per heavy atom. The van der Waals surface area contributed by atoms with E-state index in [2.05, 4.69) is 37.5 Å². The summed E-state index contributed by atoms with van der Waals surface area (Å²) in [6, 6.07) is 14.6. The molecule has 4 rings (SSSR count). The molecule has 1 heterocycles. The van der Waals surface area contributed by atoms with Crippen LogP contribution in [0.2, 0.25) is 0 Å². The third kappa shape index (κ3) is 6.75. The highest BCUT2D eigenvalue weighted by Gasteiger charge is 2.32. The van der Waals surface area contributed by atoms with Gasteiger partial charge in [-0.25, -0.2) is 0 Å². The normalized spacial score (nSPS) is 14.6. The maximum Gasteiger partial charge on any atom is 0.255 e. The summed E-state index contributed by atoms with van der Waals surface area (Å²) in [6.07, 6.45) is 2.89. The van der Waals surface area contributed by atoms with Gasteiger partial charge in [0.25, 0.3) is 5.91 Å². The summed E-state index contributed by atoms with van der Waals surface area (Å²) < 4.78 is 10.5. The molecule has 1 aromatic heterocycles. The lowest BCUT2D eigenvalue weighted by Crippen LogP contribution is -2.26. The molecule has 1 aliphatic rings. The van der Waals surface area contributed by atoms with Gasteiger partial charge < -0.3 is 20.1 Å². The predicted octanol–water partition coefficient (Wildman–Crippen LogP) is 6.77. The van der Waals surface area contributed by atoms with E-state index in [0.717, 1.165) is 29.7 Å². The molecular weight excluding hydrogens is 530 g/mol. The van der Waals surface area contributed by atoms with E-state index in [1.54, 1.807) is 42.7 Å². The SMILES string of the molecule is COc1ccc(C(=O)Nc2cccc(SCC(=O)Nc3sc4c(c3C#N)CCC(C(C)(C)C)C4)c2)cc1OC. The predicted molar refractivity (Wildman–Crippen MR) is 157 cm³/mol. The van der Waals surface area contributed by atoms with Gasteiger partial charge in [0.05, 0.1) is 25.5 Å². The fourth-order valence-electron chi connectivity index (χ4n) is 4.69. The highest BCUT2D eigenvalue weighted by atomic mass is 32.2. The number of methoxy groups -OCH3 is 2. The number of rotatable bonds is 8. The number of carbonyl (C=O) groups excluding carboxylic acids is 2. The van der Waals surface area contributed by atoms with Gasteiger partial charge in [-0.15, -0.1) is 23.1 Å². The van der Waals surface area contributed by atoms with Crippen LogP contribution in [0, 0.1) is 22.7 Å². The second-order valence-electron chi connectivity index (χ2n) is 10.5. The topological polar surface area (TPSA) is 100 Å². The maximum absolute atomic E-state index is 12.8. The molecule has 1 atom stereocenters. The molecule has 2 amide bonds. The van der Waals surface area contributed by atoms with Crippen molar-refractivity contribution in [2.75, 3.05) is 30.6 Å². The Morgan fingerprint density at radius 2 is 1.87 bits per heavy atom. The number of benzene rings is 2. The van der Waals surface area contributed by atoms with E-state index in [4.69, 9.17) is 9.47 Å². The minimum Gasteiger partial charge on any atom is -0.493 e. The van der Waals surface area contributed by atoms with E-state index in [1.807, 2.05) is 18.2 Å². The van der Waals surface area contributed by atoms with Crippen LogP contribution in [-0.2, 0) is 17.6 Å². The first-order valence-corrected chi connectivity index (χ1v) is 14.5. The van der Waals surface area contributed by atoms with Crippen molar-refractivity contribution in [1.82, 2.24) is 0 Å². The number of nitrogens with one attached hydrogen (secondary N) is 2. The summed E-state index contributed by atoms with van der Waals surface area (Å²) in [4.78, 5) is 27.7. The van der Waals surface area contributed by atoms with Crippen molar-refractivity contribution >= 4 is 45.6 Å². The van der Waals surface area contributed by atoms with Crippen LogP contribution in [0.15, 0.2) is 47.4 Å². The molecule has 1 unspecified atom stereocenters. The number of amides is 2. The molecule has 3 aromatic rings. The summed E-state index contributed by atoms with van der Waals surface area (Å²) in [7, 11) is 3.06. The smallest absolute Gasteiger partial charge is 0.255 e. The number of nitrogens with zero attached hydrogens (tertiary/aromatic N) is 1. The zero-order valence-corrected chi connectivity index (χ0v) is 24.5. The lowest BCUT2D eigenvalue weighted by atomic mass is 9.72. The van der Waals surface area contributed by atoms with Crippen LogP contribution in [0.5, 0.6) is 11.5 Å². The van der Waals surface area contributed by atoms with E-state index in [0.29, 0.717) is 39.2 Å². The van der Waals surface area contributed by atoms with Crippen LogP contribution < -0.4 is 20.1 Å². The highest BCUT2D eigenvalue weighted by Crippen LogP contribution is 2.44. The van der Waals surface area contributed by atoms with Crippen molar-refractivity contribution in [2.24, 2.45) is 11.3 Å². The Labute approximate surface area is 237 Å². The number of thioether (sulfide) groups is 1. The molecular formula is C30H33N3O4S2. The molecule has 0 saturated heterocycles. The Bertz CT molecular complexity index is 1420. The van der Waals surface area contributed by atoms with E-state index in [-0.39, 0.29) is 23.0 Å². The molecule has 9 heteroatoms. The van der Waals surface area contributed by atoms with Crippen LogP contribution in [0.3, 0.4) is 0 Å². The first-order chi connectivity index (χ1) is 18.6. The highest BCUT2D eigenvalue weighted by molar-refractivity contribution is 8.00. The van der Waals surface area contributed by atoms with E-state index in [1.165, 1.54) is 23.7 Å². The minimum absolute atomic E-state index is 0.165. The van der Waals surface area contributed by atoms with Crippen molar-refractivity contribution < 1.29 is 19.1 Å². The van der Waals surface area contributed by atoms with Crippen molar-refractivity contribution in [2.45, 2.75) is 44.9 Å². The third-order valence-corrected chi connectivity index (χ3v) is 9.13. The van der Waals surface area contributed by atoms with Gasteiger partial charge in [0, 0.05) is 21.0 Å². The van der Waals surface area contributed by atoms with E-state index < -0.39 is 0 Å². The Hall–Kier alpha value is -3.48. The van der Waals surface area contributed by atoms with Crippen molar-refractivity contribution in [1.29, 1.82) is 5.26 Å². The fraction of sp³-hybridized carbons (Fsp3) is 0.367. The average Bonchev–Trinajstić information content (AvgIpc) is 3.27. The standard InChI is InChI=1S/C30H33N3O4S2/c1-30(2,3)19-10-11-22-23(16-31)29(39-26(22)14-19)33-27(34)17-38-21-8-6-7-20(15-21)32-28(35)18-9-12-24(36-4)25(13-18)37-5/h6-9,12-13,15,19H,10-11,14,17H2,1-5H3,(H,32,35)(H,33,34). The zero-order valence-electron chi connectivity index (χ0n) is 22.8. The third-order valence-electron chi connectivity index (χ3n) is 6.96. The van der Waals surface area contributed by atoms with Gasteiger partial charge in [0.2, 0.25) is 5.91 Å². The molecule has 204 valence electrons. The first kappa shape index (κ1) is 28.5. The molecule has 39 heavy (non-hydrogen) atoms. The number of anilines is 2. The average molecular weight is 564 g/mol. The molecule has 1 aliphatic carbocycles. The molecule has 0 aliphatic heterocycles. The Morgan fingerprint density at radius 3 is 2.56 bits per heavy atom. The van der Waals surface area contributed by atoms with Crippen LogP contribution in [0.25, 0.3) is 0 Å². The molecule has 0 bridgehead atoms. The second kappa shape index (κ2) is 12.1. The number of hydrogen-bond donors (Lipinski definition) is 2. The van der Waals surface area contributed by atoms with Crippen molar-refractivity contribution in [3.63, 3.8) is 0 Å². The van der Waals surface area contributed by atoms with Gasteiger partial charge in [0.1, 0.15) is 11.1 Å². The monoisotopic (exact) mass is 563 g/mol. The first-order valence-electron chi connectivity index (χ1n) is 12.7. The summed E-state index contributed by atoms with van der Waals surface area (Å²) >= 11 is 2.91. The summed E-state index contributed by atoms with van der Waals surface area (Å²) in [5, 5.41) is 16.3. The quantitative estimate of drug-likeness (QED) is 0.293. The van der Waals surface area contributed by atoms with Crippen molar-refractivity contribution in [3.05, 3.63) is 64.0 Å². The number of nitriles is 1. The van der Waals surface area contributed by atoms with Gasteiger partial charge in [-0.05, 0) is 72.6 Å². The molecule has 0 radical (unpaired) electrons. The number of ether oxygens (including phenoxy) is 2. The largest absolute Gasteiger partial charge is 0.493 e. The van der Waals surface area contributed by atoms with E-state index in [9.17, 15) is 14.9 Å². The van der Waals surface area contributed by atoms with Gasteiger partial charge >= 0.3 is 0 Å². The number of carbonyl (C=O) groups is 2. The summed E-state index contributed by atoms with van der Waals surface area (Å²) in [5.41, 5.74) is 2.98. The van der Waals surface area contributed by atoms with Crippen LogP contribution >= 0.6 is 23.1 Å². The van der Waals surface area contributed by atoms with Crippen LogP contribution in [-0.4, -0.2) is 31.8 Å². The van der Waals surface area contributed by atoms with Gasteiger partial charge in [-0.1, -0.05) is 26.8 Å². The summed E-state index contributed by atoms with van der Waals surface area (Å²) in [6.45, 7) is 6.79. The molecule has 2 aromatic carbocycles. The van der Waals surface area contributed by atoms with Crippen LogP contribution in [0.1, 0.15) is 53.6 Å². The van der Waals surface area contributed by atoms with Gasteiger partial charge in [0.15, 0.2) is 11.5 Å². The van der Waals surface area contributed by atoms with Crippen molar-refractivity contribution in [3.8, 4) is 17.6 Å². The molecule has 0 spiro atoms. The second-order valence-corrected chi connectivity index (χ2v) is 12.7. The summed E-state index contributed by atoms with van der Waals surface area (Å²) in [5.74, 6) is 1.32. The number of hydrogen-bond acceptors (Lipinski definition) is 7. The lowest BCUT2D eigenvalue weighted by Gasteiger charge is -2.33. The Balaban J connectivity index is 1.37. The molecule has 7 nitrogen and oxygen atoms in total. The fourth-order valence-corrected chi connectivity index (χ4v) is 6.74. The molecule has 2 N–H and O–H groups in total. The van der Waals surface area contributed by atoms with Gasteiger partial charge in [-0.2, -0.15) is 5.26 Å². The lowest BCUT2D eigenvalue weighted by molar-refractivity contribution is -0.113. The van der Waals surface area contributed by atoms with Crippen LogP contribution in [0.4, 0.5) is 10.7 Å². The zero-order chi connectivity index (χ0) is 28.2. The Kier molecular flexibility index (Phi) is 8.88. The number of fused-ring (bicyclic) bond motifs is 1. The van der Waals surface area contributed by atoms with Gasteiger partial charge in [-0.3, -0.25) is 9.59 Å².